The van der Waals surface area contributed by atoms with Crippen molar-refractivity contribution in [2.45, 2.75) is 25.9 Å². The van der Waals surface area contributed by atoms with E-state index in [1.807, 2.05) is 42.5 Å². The van der Waals surface area contributed by atoms with Gasteiger partial charge in [-0.1, -0.05) is 37.3 Å². The maximum absolute atomic E-state index is 9.13. The molecule has 3 nitrogen and oxygen atoms in total. The van der Waals surface area contributed by atoms with Gasteiger partial charge < -0.3 is 14.8 Å². The number of nitrogens with two attached hydrogens (primary N) is 1. The van der Waals surface area contributed by atoms with Gasteiger partial charge in [0.15, 0.2) is 5.76 Å². The van der Waals surface area contributed by atoms with Crippen LogP contribution >= 0.6 is 0 Å². The number of hydrogen-bond acceptors (Lipinski definition) is 2. The molecular formula is C15H20NO2+. The Morgan fingerprint density at radius 3 is 2.61 bits per heavy atom. The minimum atomic E-state index is 0.211. The lowest BCUT2D eigenvalue weighted by Crippen LogP contribution is -2.89. The Kier molecular flexibility index (Phi) is 4.56. The van der Waals surface area contributed by atoms with Crippen molar-refractivity contribution in [3.8, 4) is 11.3 Å². The predicted molar refractivity (Wildman–Crippen MR) is 70.9 cm³/mol. The molecule has 0 saturated heterocycles. The second-order valence-electron chi connectivity index (χ2n) is 4.42. The van der Waals surface area contributed by atoms with Crippen molar-refractivity contribution in [1.29, 1.82) is 0 Å². The fourth-order valence-electron chi connectivity index (χ4n) is 1.90. The topological polar surface area (TPSA) is 50.0 Å². The van der Waals surface area contributed by atoms with Crippen LogP contribution in [0.3, 0.4) is 0 Å². The SMILES string of the molecule is CC[C@H](CO)[NH2+]Cc1ccc(-c2ccccc2)o1. The summed E-state index contributed by atoms with van der Waals surface area (Å²) in [4.78, 5) is 0. The molecule has 0 fully saturated rings. The smallest absolute Gasteiger partial charge is 0.158 e. The molecule has 3 heteroatoms. The summed E-state index contributed by atoms with van der Waals surface area (Å²) in [5.74, 6) is 1.84. The fourth-order valence-corrected chi connectivity index (χ4v) is 1.90. The van der Waals surface area contributed by atoms with Gasteiger partial charge in [0, 0.05) is 5.56 Å². The van der Waals surface area contributed by atoms with Gasteiger partial charge in [-0.25, -0.2) is 0 Å². The minimum Gasteiger partial charge on any atom is -0.455 e. The third-order valence-corrected chi connectivity index (χ3v) is 3.13. The molecule has 96 valence electrons. The lowest BCUT2D eigenvalue weighted by atomic mass is 10.2. The van der Waals surface area contributed by atoms with E-state index in [2.05, 4.69) is 12.2 Å². The molecule has 2 rings (SSSR count). The monoisotopic (exact) mass is 246 g/mol. The zero-order valence-electron chi connectivity index (χ0n) is 10.7. The van der Waals surface area contributed by atoms with Gasteiger partial charge in [-0.3, -0.25) is 0 Å². The Balaban J connectivity index is 1.98. The highest BCUT2D eigenvalue weighted by Gasteiger charge is 2.10. The fraction of sp³-hybridized carbons (Fsp3) is 0.333. The van der Waals surface area contributed by atoms with Crippen molar-refractivity contribution in [3.63, 3.8) is 0 Å². The number of aliphatic hydroxyl groups excluding tert-OH is 1. The zero-order chi connectivity index (χ0) is 12.8. The van der Waals surface area contributed by atoms with Crippen LogP contribution in [0.2, 0.25) is 0 Å². The molecule has 18 heavy (non-hydrogen) atoms. The van der Waals surface area contributed by atoms with Crippen molar-refractivity contribution in [1.82, 2.24) is 0 Å². The van der Waals surface area contributed by atoms with Crippen molar-refractivity contribution in [3.05, 3.63) is 48.2 Å². The predicted octanol–water partition coefficient (Wildman–Crippen LogP) is 1.78. The van der Waals surface area contributed by atoms with Gasteiger partial charge in [0.2, 0.25) is 0 Å². The zero-order valence-corrected chi connectivity index (χ0v) is 10.7. The van der Waals surface area contributed by atoms with Gasteiger partial charge in [-0.15, -0.1) is 0 Å². The van der Waals surface area contributed by atoms with Crippen molar-refractivity contribution < 1.29 is 14.8 Å². The van der Waals surface area contributed by atoms with E-state index in [0.717, 1.165) is 30.0 Å². The molecular weight excluding hydrogens is 226 g/mol. The van der Waals surface area contributed by atoms with Gasteiger partial charge in [0.05, 0.1) is 6.61 Å². The lowest BCUT2D eigenvalue weighted by Gasteiger charge is -2.08. The Morgan fingerprint density at radius 1 is 1.17 bits per heavy atom. The van der Waals surface area contributed by atoms with Crippen molar-refractivity contribution >= 4 is 0 Å². The summed E-state index contributed by atoms with van der Waals surface area (Å²) in [5, 5.41) is 11.2. The summed E-state index contributed by atoms with van der Waals surface area (Å²) in [6.45, 7) is 3.06. The summed E-state index contributed by atoms with van der Waals surface area (Å²) in [6, 6.07) is 14.3. The second kappa shape index (κ2) is 6.38. The second-order valence-corrected chi connectivity index (χ2v) is 4.42. The highest BCUT2D eigenvalue weighted by Crippen LogP contribution is 2.21. The molecule has 0 bridgehead atoms. The van der Waals surface area contributed by atoms with E-state index in [1.54, 1.807) is 0 Å². The third kappa shape index (κ3) is 3.22. The summed E-state index contributed by atoms with van der Waals surface area (Å²) >= 11 is 0. The van der Waals surface area contributed by atoms with Crippen LogP contribution in [0, 0.1) is 0 Å². The Morgan fingerprint density at radius 2 is 1.94 bits per heavy atom. The number of rotatable bonds is 6. The Hall–Kier alpha value is -1.58. The molecule has 1 heterocycles. The number of hydrogen-bond donors (Lipinski definition) is 2. The van der Waals surface area contributed by atoms with E-state index < -0.39 is 0 Å². The van der Waals surface area contributed by atoms with E-state index in [4.69, 9.17) is 9.52 Å². The van der Waals surface area contributed by atoms with Crippen LogP contribution in [0.1, 0.15) is 19.1 Å². The standard InChI is InChI=1S/C15H19NO2/c1-2-13(11-17)16-10-14-8-9-15(18-14)12-6-4-3-5-7-12/h3-9,13,16-17H,2,10-11H2,1H3/p+1/t13-/m1/s1. The van der Waals surface area contributed by atoms with Gasteiger partial charge in [-0.05, 0) is 18.6 Å². The molecule has 0 radical (unpaired) electrons. The summed E-state index contributed by atoms with van der Waals surface area (Å²) in [6.07, 6.45) is 0.961. The third-order valence-electron chi connectivity index (χ3n) is 3.13. The van der Waals surface area contributed by atoms with E-state index in [1.165, 1.54) is 0 Å². The molecule has 1 atom stereocenters. The van der Waals surface area contributed by atoms with Gasteiger partial charge in [0.1, 0.15) is 18.3 Å². The average molecular weight is 246 g/mol. The first-order valence-corrected chi connectivity index (χ1v) is 6.41. The van der Waals surface area contributed by atoms with Crippen LogP contribution < -0.4 is 5.32 Å². The maximum atomic E-state index is 9.13. The molecule has 0 amide bonds. The van der Waals surface area contributed by atoms with E-state index in [9.17, 15) is 0 Å². The van der Waals surface area contributed by atoms with Gasteiger partial charge in [-0.2, -0.15) is 0 Å². The first-order chi connectivity index (χ1) is 8.83. The van der Waals surface area contributed by atoms with Crippen molar-refractivity contribution in [2.75, 3.05) is 6.61 Å². The van der Waals surface area contributed by atoms with Crippen LogP contribution in [0.4, 0.5) is 0 Å². The van der Waals surface area contributed by atoms with E-state index in [0.29, 0.717) is 0 Å². The largest absolute Gasteiger partial charge is 0.455 e. The molecule has 0 unspecified atom stereocenters. The van der Waals surface area contributed by atoms with Gasteiger partial charge >= 0.3 is 0 Å². The molecule has 0 aliphatic rings. The van der Waals surface area contributed by atoms with Crippen LogP contribution in [0.15, 0.2) is 46.9 Å². The maximum Gasteiger partial charge on any atom is 0.158 e. The molecule has 1 aromatic carbocycles. The first kappa shape index (κ1) is 12.9. The number of furan rings is 1. The summed E-state index contributed by atoms with van der Waals surface area (Å²) < 4.78 is 5.80. The lowest BCUT2D eigenvalue weighted by molar-refractivity contribution is -0.707. The normalized spacial score (nSPS) is 12.6. The molecule has 0 aliphatic carbocycles. The first-order valence-electron chi connectivity index (χ1n) is 6.41. The number of quaternary nitrogens is 1. The Labute approximate surface area is 107 Å². The molecule has 2 aromatic rings. The van der Waals surface area contributed by atoms with E-state index in [-0.39, 0.29) is 12.6 Å². The summed E-state index contributed by atoms with van der Waals surface area (Å²) in [7, 11) is 0. The highest BCUT2D eigenvalue weighted by atomic mass is 16.3. The van der Waals surface area contributed by atoms with Crippen LogP contribution in [-0.2, 0) is 6.54 Å². The van der Waals surface area contributed by atoms with Crippen LogP contribution in [0.25, 0.3) is 11.3 Å². The Bertz CT molecular complexity index is 460. The van der Waals surface area contributed by atoms with Crippen molar-refractivity contribution in [2.24, 2.45) is 0 Å². The molecule has 0 aliphatic heterocycles. The average Bonchev–Trinajstić information content (AvgIpc) is 2.90. The molecule has 3 N–H and O–H groups in total. The van der Waals surface area contributed by atoms with Crippen LogP contribution in [-0.4, -0.2) is 17.8 Å². The van der Waals surface area contributed by atoms with Gasteiger partial charge in [0.25, 0.3) is 0 Å². The van der Waals surface area contributed by atoms with E-state index >= 15 is 0 Å². The highest BCUT2D eigenvalue weighted by molar-refractivity contribution is 5.57. The molecule has 1 aromatic heterocycles. The number of aliphatic hydroxyl groups is 1. The molecule has 0 saturated carbocycles. The minimum absolute atomic E-state index is 0.211. The summed E-state index contributed by atoms with van der Waals surface area (Å²) in [5.41, 5.74) is 1.10. The quantitative estimate of drug-likeness (QED) is 0.816. The van der Waals surface area contributed by atoms with Crippen LogP contribution in [0.5, 0.6) is 0 Å². The molecule has 0 spiro atoms. The number of benzene rings is 1.